The molecule has 1 atom stereocenters. The van der Waals surface area contributed by atoms with E-state index in [9.17, 15) is 8.78 Å². The minimum Gasteiger partial charge on any atom is -0.271 e. The summed E-state index contributed by atoms with van der Waals surface area (Å²) in [6.07, 6.45) is 0. The van der Waals surface area contributed by atoms with Crippen molar-refractivity contribution in [2.75, 3.05) is 0 Å². The molecule has 0 amide bonds. The molecule has 0 spiro atoms. The van der Waals surface area contributed by atoms with Crippen LogP contribution in [0.3, 0.4) is 0 Å². The van der Waals surface area contributed by atoms with Gasteiger partial charge in [0.1, 0.15) is 11.6 Å². The summed E-state index contributed by atoms with van der Waals surface area (Å²) in [5.41, 5.74) is 6.38. The zero-order valence-corrected chi connectivity index (χ0v) is 11.8. The molecule has 0 radical (unpaired) electrons. The number of nitrogens with two attached hydrogens (primary N) is 1. The second-order valence-corrected chi connectivity index (χ2v) is 5.03. The maximum Gasteiger partial charge on any atom is 0.131 e. The lowest BCUT2D eigenvalue weighted by atomic mass is 9.91. The zero-order valence-electron chi connectivity index (χ0n) is 11.8. The van der Waals surface area contributed by atoms with Crippen LogP contribution in [0.5, 0.6) is 0 Å². The van der Waals surface area contributed by atoms with Crippen LogP contribution in [0.4, 0.5) is 8.78 Å². The summed E-state index contributed by atoms with van der Waals surface area (Å²) in [4.78, 5) is 0. The third kappa shape index (κ3) is 2.57. The second kappa shape index (κ2) is 5.69. The van der Waals surface area contributed by atoms with Gasteiger partial charge in [0.05, 0.1) is 6.04 Å². The standard InChI is InChI=1S/C16H18F2N2/c1-9-7-11(3)12(8-10(9)2)16(20-19)15-13(17)5-4-6-14(15)18/h4-8,16,20H,19H2,1-3H3. The predicted molar refractivity (Wildman–Crippen MR) is 76.2 cm³/mol. The molecule has 0 heterocycles. The molecule has 1 unspecified atom stereocenters. The number of nitrogens with one attached hydrogen (secondary N) is 1. The first kappa shape index (κ1) is 14.6. The number of hydrogen-bond acceptors (Lipinski definition) is 2. The summed E-state index contributed by atoms with van der Waals surface area (Å²) >= 11 is 0. The molecule has 20 heavy (non-hydrogen) atoms. The van der Waals surface area contributed by atoms with E-state index in [1.807, 2.05) is 32.9 Å². The molecule has 106 valence electrons. The molecule has 4 heteroatoms. The summed E-state index contributed by atoms with van der Waals surface area (Å²) in [6, 6.07) is 7.01. The van der Waals surface area contributed by atoms with Crippen molar-refractivity contribution in [1.29, 1.82) is 0 Å². The van der Waals surface area contributed by atoms with Gasteiger partial charge < -0.3 is 0 Å². The Labute approximate surface area is 117 Å². The summed E-state index contributed by atoms with van der Waals surface area (Å²) in [7, 11) is 0. The van der Waals surface area contributed by atoms with Gasteiger partial charge in [0, 0.05) is 5.56 Å². The van der Waals surface area contributed by atoms with Gasteiger partial charge in [0.15, 0.2) is 0 Å². The summed E-state index contributed by atoms with van der Waals surface area (Å²) in [5.74, 6) is 4.34. The molecule has 0 fully saturated rings. The fraction of sp³-hybridized carbons (Fsp3) is 0.250. The molecule has 0 saturated heterocycles. The van der Waals surface area contributed by atoms with Gasteiger partial charge >= 0.3 is 0 Å². The molecule has 3 N–H and O–H groups in total. The van der Waals surface area contributed by atoms with Gasteiger partial charge in [-0.05, 0) is 55.2 Å². The smallest absolute Gasteiger partial charge is 0.131 e. The first-order chi connectivity index (χ1) is 9.45. The molecule has 0 aromatic heterocycles. The van der Waals surface area contributed by atoms with Crippen LogP contribution in [0.15, 0.2) is 30.3 Å². The third-order valence-corrected chi connectivity index (χ3v) is 3.65. The molecule has 0 aliphatic carbocycles. The summed E-state index contributed by atoms with van der Waals surface area (Å²) < 4.78 is 27.9. The Morgan fingerprint density at radius 3 is 2.05 bits per heavy atom. The van der Waals surface area contributed by atoms with Crippen molar-refractivity contribution in [2.45, 2.75) is 26.8 Å². The minimum atomic E-state index is -0.713. The van der Waals surface area contributed by atoms with Crippen LogP contribution in [-0.4, -0.2) is 0 Å². The van der Waals surface area contributed by atoms with E-state index in [1.54, 1.807) is 0 Å². The quantitative estimate of drug-likeness (QED) is 0.665. The fourth-order valence-electron chi connectivity index (χ4n) is 2.41. The van der Waals surface area contributed by atoms with Crippen molar-refractivity contribution in [2.24, 2.45) is 5.84 Å². The number of aryl methyl sites for hydroxylation is 3. The molecular weight excluding hydrogens is 258 g/mol. The van der Waals surface area contributed by atoms with Crippen LogP contribution in [0.25, 0.3) is 0 Å². The van der Waals surface area contributed by atoms with E-state index in [1.165, 1.54) is 18.2 Å². The Bertz CT molecular complexity index is 618. The highest BCUT2D eigenvalue weighted by atomic mass is 19.1. The topological polar surface area (TPSA) is 38.0 Å². The maximum atomic E-state index is 13.9. The lowest BCUT2D eigenvalue weighted by Crippen LogP contribution is -2.31. The van der Waals surface area contributed by atoms with E-state index in [-0.39, 0.29) is 5.56 Å². The summed E-state index contributed by atoms with van der Waals surface area (Å²) in [5, 5.41) is 0. The Balaban J connectivity index is 2.62. The van der Waals surface area contributed by atoms with Crippen LogP contribution >= 0.6 is 0 Å². The Morgan fingerprint density at radius 2 is 1.50 bits per heavy atom. The molecule has 0 aliphatic heterocycles. The van der Waals surface area contributed by atoms with E-state index in [4.69, 9.17) is 5.84 Å². The predicted octanol–water partition coefficient (Wildman–Crippen LogP) is 3.44. The van der Waals surface area contributed by atoms with Crippen molar-refractivity contribution >= 4 is 0 Å². The highest BCUT2D eigenvalue weighted by Gasteiger charge is 2.22. The van der Waals surface area contributed by atoms with Gasteiger partial charge in [0.25, 0.3) is 0 Å². The van der Waals surface area contributed by atoms with E-state index in [0.29, 0.717) is 0 Å². The van der Waals surface area contributed by atoms with Crippen molar-refractivity contribution in [1.82, 2.24) is 5.43 Å². The van der Waals surface area contributed by atoms with Crippen molar-refractivity contribution < 1.29 is 8.78 Å². The molecule has 0 aliphatic rings. The number of benzene rings is 2. The second-order valence-electron chi connectivity index (χ2n) is 5.03. The molecule has 2 rings (SSSR count). The number of rotatable bonds is 3. The first-order valence-electron chi connectivity index (χ1n) is 6.43. The Hall–Kier alpha value is -1.78. The molecule has 2 aromatic carbocycles. The van der Waals surface area contributed by atoms with Crippen LogP contribution < -0.4 is 11.3 Å². The fourth-order valence-corrected chi connectivity index (χ4v) is 2.41. The normalized spacial score (nSPS) is 12.5. The average Bonchev–Trinajstić information content (AvgIpc) is 2.39. The van der Waals surface area contributed by atoms with Crippen LogP contribution in [-0.2, 0) is 0 Å². The number of hydrazine groups is 1. The SMILES string of the molecule is Cc1cc(C)c(C(NN)c2c(F)cccc2F)cc1C. The Kier molecular flexibility index (Phi) is 4.16. The summed E-state index contributed by atoms with van der Waals surface area (Å²) in [6.45, 7) is 5.87. The average molecular weight is 276 g/mol. The maximum absolute atomic E-state index is 13.9. The highest BCUT2D eigenvalue weighted by molar-refractivity contribution is 5.43. The van der Waals surface area contributed by atoms with Crippen LogP contribution in [0.1, 0.15) is 33.9 Å². The molecule has 0 saturated carbocycles. The van der Waals surface area contributed by atoms with Gasteiger partial charge in [-0.3, -0.25) is 5.84 Å². The van der Waals surface area contributed by atoms with Gasteiger partial charge in [-0.25, -0.2) is 14.2 Å². The van der Waals surface area contributed by atoms with Crippen molar-refractivity contribution in [3.8, 4) is 0 Å². The lowest BCUT2D eigenvalue weighted by Gasteiger charge is -2.21. The van der Waals surface area contributed by atoms with Crippen LogP contribution in [0, 0.1) is 32.4 Å². The van der Waals surface area contributed by atoms with E-state index in [0.717, 1.165) is 22.3 Å². The Morgan fingerprint density at radius 1 is 0.950 bits per heavy atom. The third-order valence-electron chi connectivity index (χ3n) is 3.65. The van der Waals surface area contributed by atoms with Gasteiger partial charge in [-0.1, -0.05) is 18.2 Å². The number of halogens is 2. The molecule has 2 nitrogen and oxygen atoms in total. The largest absolute Gasteiger partial charge is 0.271 e. The van der Waals surface area contributed by atoms with Crippen molar-refractivity contribution in [3.05, 3.63) is 69.8 Å². The van der Waals surface area contributed by atoms with E-state index < -0.39 is 17.7 Å². The van der Waals surface area contributed by atoms with Gasteiger partial charge in [-0.2, -0.15) is 0 Å². The highest BCUT2D eigenvalue weighted by Crippen LogP contribution is 2.30. The molecular formula is C16H18F2N2. The lowest BCUT2D eigenvalue weighted by molar-refractivity contribution is 0.509. The molecule has 0 bridgehead atoms. The monoisotopic (exact) mass is 276 g/mol. The minimum absolute atomic E-state index is 0.0543. The number of hydrogen-bond donors (Lipinski definition) is 2. The van der Waals surface area contributed by atoms with Gasteiger partial charge in [0.2, 0.25) is 0 Å². The van der Waals surface area contributed by atoms with Crippen molar-refractivity contribution in [3.63, 3.8) is 0 Å². The zero-order chi connectivity index (χ0) is 14.9. The molecule has 2 aromatic rings. The van der Waals surface area contributed by atoms with E-state index in [2.05, 4.69) is 5.43 Å². The first-order valence-corrected chi connectivity index (χ1v) is 6.43. The van der Waals surface area contributed by atoms with Crippen LogP contribution in [0.2, 0.25) is 0 Å². The van der Waals surface area contributed by atoms with E-state index >= 15 is 0 Å². The van der Waals surface area contributed by atoms with Gasteiger partial charge in [-0.15, -0.1) is 0 Å².